The van der Waals surface area contributed by atoms with E-state index in [0.29, 0.717) is 36.0 Å². The molecule has 8 nitrogen and oxygen atoms in total. The first-order valence-electron chi connectivity index (χ1n) is 9.00. The molecule has 0 saturated carbocycles. The SMILES string of the molecule is Cc1[nH]cnc1CSCCNc1ncc(CC2Oc3ccccc3O2)c(=O)[nH]1. The van der Waals surface area contributed by atoms with Crippen molar-refractivity contribution in [3.63, 3.8) is 0 Å². The van der Waals surface area contributed by atoms with Crippen LogP contribution < -0.4 is 20.3 Å². The number of aromatic amines is 2. The Morgan fingerprint density at radius 3 is 2.68 bits per heavy atom. The number of imidazole rings is 1. The molecule has 0 bridgehead atoms. The Morgan fingerprint density at radius 1 is 1.21 bits per heavy atom. The molecule has 1 aromatic carbocycles. The molecule has 3 aromatic rings. The Hall–Kier alpha value is -2.94. The highest BCUT2D eigenvalue weighted by atomic mass is 32.2. The van der Waals surface area contributed by atoms with Gasteiger partial charge in [0.2, 0.25) is 12.2 Å². The van der Waals surface area contributed by atoms with Crippen LogP contribution in [0.4, 0.5) is 5.95 Å². The van der Waals surface area contributed by atoms with Gasteiger partial charge in [-0.2, -0.15) is 11.8 Å². The first-order valence-corrected chi connectivity index (χ1v) is 10.2. The highest BCUT2D eigenvalue weighted by Crippen LogP contribution is 2.34. The van der Waals surface area contributed by atoms with E-state index < -0.39 is 6.29 Å². The van der Waals surface area contributed by atoms with Crippen molar-refractivity contribution in [2.45, 2.75) is 25.4 Å². The number of hydrogen-bond acceptors (Lipinski definition) is 7. The summed E-state index contributed by atoms with van der Waals surface area (Å²) >= 11 is 1.77. The second kappa shape index (κ2) is 8.39. The van der Waals surface area contributed by atoms with E-state index in [2.05, 4.69) is 25.3 Å². The van der Waals surface area contributed by atoms with Gasteiger partial charge in [-0.25, -0.2) is 9.97 Å². The zero-order valence-corrected chi connectivity index (χ0v) is 16.2. The number of aryl methyl sites for hydroxylation is 1. The number of para-hydroxylation sites is 2. The van der Waals surface area contributed by atoms with E-state index in [-0.39, 0.29) is 5.56 Å². The summed E-state index contributed by atoms with van der Waals surface area (Å²) in [5.41, 5.74) is 2.49. The number of hydrogen-bond donors (Lipinski definition) is 3. The largest absolute Gasteiger partial charge is 0.451 e. The fourth-order valence-electron chi connectivity index (χ4n) is 2.81. The summed E-state index contributed by atoms with van der Waals surface area (Å²) in [6.45, 7) is 2.71. The van der Waals surface area contributed by atoms with Gasteiger partial charge in [-0.1, -0.05) is 12.1 Å². The molecule has 0 saturated heterocycles. The lowest BCUT2D eigenvalue weighted by atomic mass is 10.2. The van der Waals surface area contributed by atoms with E-state index in [1.807, 2.05) is 31.2 Å². The van der Waals surface area contributed by atoms with E-state index >= 15 is 0 Å². The van der Waals surface area contributed by atoms with Crippen molar-refractivity contribution in [3.8, 4) is 11.5 Å². The average molecular weight is 399 g/mol. The van der Waals surface area contributed by atoms with Gasteiger partial charge in [0.1, 0.15) is 0 Å². The van der Waals surface area contributed by atoms with Crippen LogP contribution in [0.3, 0.4) is 0 Å². The number of fused-ring (bicyclic) bond motifs is 1. The molecule has 146 valence electrons. The molecular weight excluding hydrogens is 378 g/mol. The minimum absolute atomic E-state index is 0.194. The standard InChI is InChI=1S/C19H21N5O3S/c1-12-14(23-11-22-12)10-28-7-6-20-19-21-9-13(18(25)24-19)8-17-26-15-4-2-3-5-16(15)27-17/h2-5,9,11,17H,6-8,10H2,1H3,(H,22,23)(H2,20,21,24,25). The zero-order valence-electron chi connectivity index (χ0n) is 15.4. The monoisotopic (exact) mass is 399 g/mol. The van der Waals surface area contributed by atoms with Gasteiger partial charge in [-0.3, -0.25) is 9.78 Å². The summed E-state index contributed by atoms with van der Waals surface area (Å²) in [4.78, 5) is 26.7. The number of aromatic nitrogens is 4. The average Bonchev–Trinajstić information content (AvgIpc) is 3.29. The van der Waals surface area contributed by atoms with E-state index in [1.165, 1.54) is 0 Å². The molecule has 0 radical (unpaired) electrons. The van der Waals surface area contributed by atoms with Gasteiger partial charge in [0.25, 0.3) is 5.56 Å². The molecule has 0 amide bonds. The fraction of sp³-hybridized carbons (Fsp3) is 0.316. The first-order chi connectivity index (χ1) is 13.7. The van der Waals surface area contributed by atoms with Crippen LogP contribution in [0.1, 0.15) is 17.0 Å². The van der Waals surface area contributed by atoms with Gasteiger partial charge in [0, 0.05) is 35.5 Å². The van der Waals surface area contributed by atoms with Crippen molar-refractivity contribution in [2.24, 2.45) is 0 Å². The molecule has 28 heavy (non-hydrogen) atoms. The quantitative estimate of drug-likeness (QED) is 0.500. The second-order valence-electron chi connectivity index (χ2n) is 6.36. The van der Waals surface area contributed by atoms with Crippen LogP contribution in [0, 0.1) is 6.92 Å². The van der Waals surface area contributed by atoms with Crippen LogP contribution in [0.5, 0.6) is 11.5 Å². The van der Waals surface area contributed by atoms with Crippen LogP contribution in [0.15, 0.2) is 41.6 Å². The Balaban J connectivity index is 1.24. The Kier molecular flexibility index (Phi) is 5.52. The van der Waals surface area contributed by atoms with Crippen LogP contribution in [0.25, 0.3) is 0 Å². The van der Waals surface area contributed by atoms with Crippen LogP contribution in [-0.2, 0) is 12.2 Å². The maximum Gasteiger partial charge on any atom is 0.255 e. The Bertz CT molecular complexity index is 978. The molecular formula is C19H21N5O3S. The highest BCUT2D eigenvalue weighted by molar-refractivity contribution is 7.98. The van der Waals surface area contributed by atoms with E-state index in [0.717, 1.165) is 22.9 Å². The van der Waals surface area contributed by atoms with Gasteiger partial charge < -0.3 is 19.8 Å². The molecule has 2 aromatic heterocycles. The lowest BCUT2D eigenvalue weighted by Crippen LogP contribution is -2.26. The molecule has 4 rings (SSSR count). The maximum atomic E-state index is 12.3. The van der Waals surface area contributed by atoms with Crippen LogP contribution in [-0.4, -0.2) is 38.5 Å². The summed E-state index contributed by atoms with van der Waals surface area (Å²) < 4.78 is 11.4. The summed E-state index contributed by atoms with van der Waals surface area (Å²) in [6.07, 6.45) is 3.09. The first kappa shape index (κ1) is 18.4. The minimum Gasteiger partial charge on any atom is -0.451 e. The number of nitrogens with one attached hydrogen (secondary N) is 3. The molecule has 3 heterocycles. The van der Waals surface area contributed by atoms with Crippen LogP contribution in [0.2, 0.25) is 0 Å². The third kappa shape index (κ3) is 4.30. The molecule has 0 fully saturated rings. The number of thioether (sulfide) groups is 1. The highest BCUT2D eigenvalue weighted by Gasteiger charge is 2.24. The summed E-state index contributed by atoms with van der Waals surface area (Å²) in [6, 6.07) is 7.45. The molecule has 0 aliphatic carbocycles. The summed E-state index contributed by atoms with van der Waals surface area (Å²) in [5, 5.41) is 3.14. The van der Waals surface area contributed by atoms with E-state index in [4.69, 9.17) is 9.47 Å². The lowest BCUT2D eigenvalue weighted by molar-refractivity contribution is 0.0499. The number of benzene rings is 1. The normalized spacial score (nSPS) is 13.0. The maximum absolute atomic E-state index is 12.3. The number of rotatable bonds is 8. The molecule has 0 spiro atoms. The Morgan fingerprint density at radius 2 is 2.00 bits per heavy atom. The number of nitrogens with zero attached hydrogens (tertiary/aromatic N) is 2. The fourth-order valence-corrected chi connectivity index (χ4v) is 3.69. The summed E-state index contributed by atoms with van der Waals surface area (Å²) in [5.74, 6) is 3.57. The van der Waals surface area contributed by atoms with E-state index in [1.54, 1.807) is 24.3 Å². The van der Waals surface area contributed by atoms with Crippen molar-refractivity contribution in [1.29, 1.82) is 0 Å². The molecule has 1 aliphatic heterocycles. The van der Waals surface area contributed by atoms with Crippen molar-refractivity contribution in [3.05, 3.63) is 64.1 Å². The Labute approximate surface area is 166 Å². The topological polar surface area (TPSA) is 105 Å². The van der Waals surface area contributed by atoms with Crippen molar-refractivity contribution in [2.75, 3.05) is 17.6 Å². The number of anilines is 1. The molecule has 1 aliphatic rings. The van der Waals surface area contributed by atoms with Gasteiger partial charge in [0.05, 0.1) is 18.4 Å². The third-order valence-electron chi connectivity index (χ3n) is 4.34. The van der Waals surface area contributed by atoms with Crippen molar-refractivity contribution >= 4 is 17.7 Å². The smallest absolute Gasteiger partial charge is 0.255 e. The van der Waals surface area contributed by atoms with E-state index in [9.17, 15) is 4.79 Å². The predicted octanol–water partition coefficient (Wildman–Crippen LogP) is 2.49. The minimum atomic E-state index is -0.513. The second-order valence-corrected chi connectivity index (χ2v) is 7.46. The molecule has 9 heteroatoms. The van der Waals surface area contributed by atoms with Gasteiger partial charge in [-0.05, 0) is 19.1 Å². The van der Waals surface area contributed by atoms with Crippen molar-refractivity contribution in [1.82, 2.24) is 19.9 Å². The lowest BCUT2D eigenvalue weighted by Gasteiger charge is -2.10. The number of H-pyrrole nitrogens is 2. The zero-order chi connectivity index (χ0) is 19.3. The third-order valence-corrected chi connectivity index (χ3v) is 5.31. The predicted molar refractivity (Wildman–Crippen MR) is 108 cm³/mol. The number of ether oxygens (including phenoxy) is 2. The van der Waals surface area contributed by atoms with Gasteiger partial charge in [-0.15, -0.1) is 0 Å². The molecule has 0 unspecified atom stereocenters. The van der Waals surface area contributed by atoms with Crippen LogP contribution >= 0.6 is 11.8 Å². The molecule has 3 N–H and O–H groups in total. The van der Waals surface area contributed by atoms with Gasteiger partial charge >= 0.3 is 0 Å². The molecule has 0 atom stereocenters. The summed E-state index contributed by atoms with van der Waals surface area (Å²) in [7, 11) is 0. The van der Waals surface area contributed by atoms with Gasteiger partial charge in [0.15, 0.2) is 11.5 Å². The van der Waals surface area contributed by atoms with Crippen molar-refractivity contribution < 1.29 is 9.47 Å².